The highest BCUT2D eigenvalue weighted by atomic mass is 16.5. The van der Waals surface area contributed by atoms with Crippen molar-refractivity contribution in [3.8, 4) is 11.5 Å². The van der Waals surface area contributed by atoms with Crippen molar-refractivity contribution in [1.29, 1.82) is 0 Å². The summed E-state index contributed by atoms with van der Waals surface area (Å²) in [6.45, 7) is 5.51. The van der Waals surface area contributed by atoms with E-state index in [4.69, 9.17) is 14.2 Å². The number of amides is 1. The van der Waals surface area contributed by atoms with Crippen LogP contribution in [0.4, 0.5) is 5.69 Å². The van der Waals surface area contributed by atoms with Crippen LogP contribution in [0.5, 0.6) is 11.5 Å². The van der Waals surface area contributed by atoms with Crippen molar-refractivity contribution in [3.05, 3.63) is 53.6 Å². The smallest absolute Gasteiger partial charge is 0.268 e. The first-order valence-corrected chi connectivity index (χ1v) is 11.2. The van der Waals surface area contributed by atoms with Gasteiger partial charge in [0, 0.05) is 38.9 Å². The average molecular weight is 425 g/mol. The molecule has 2 fully saturated rings. The fourth-order valence-corrected chi connectivity index (χ4v) is 3.91. The monoisotopic (exact) mass is 424 g/mol. The quantitative estimate of drug-likeness (QED) is 0.558. The molecular weight excluding hydrogens is 392 g/mol. The zero-order valence-corrected chi connectivity index (χ0v) is 18.4. The van der Waals surface area contributed by atoms with Gasteiger partial charge in [0.25, 0.3) is 5.91 Å². The molecule has 1 aliphatic carbocycles. The zero-order valence-electron chi connectivity index (χ0n) is 18.4. The largest absolute Gasteiger partial charge is 0.492 e. The average Bonchev–Trinajstić information content (AvgIpc) is 3.56. The molecule has 1 saturated heterocycles. The molecule has 1 N–H and O–H groups in total. The fraction of sp³-hybridized carbons (Fsp3) is 0.480. The van der Waals surface area contributed by atoms with Gasteiger partial charge in [-0.25, -0.2) is 0 Å². The first-order chi connectivity index (χ1) is 15.2. The van der Waals surface area contributed by atoms with Gasteiger partial charge >= 0.3 is 0 Å². The Labute approximate surface area is 184 Å². The summed E-state index contributed by atoms with van der Waals surface area (Å²) in [7, 11) is 1.69. The van der Waals surface area contributed by atoms with Crippen molar-refractivity contribution in [1.82, 2.24) is 5.32 Å². The van der Waals surface area contributed by atoms with E-state index in [9.17, 15) is 4.79 Å². The molecule has 1 aliphatic heterocycles. The van der Waals surface area contributed by atoms with E-state index in [1.54, 1.807) is 7.11 Å². The highest BCUT2D eigenvalue weighted by Gasteiger charge is 2.34. The number of ether oxygens (including phenoxy) is 3. The van der Waals surface area contributed by atoms with Crippen LogP contribution in [0.1, 0.15) is 36.3 Å². The number of nitrogens with one attached hydrogen (secondary N) is 1. The maximum Gasteiger partial charge on any atom is 0.268 e. The Morgan fingerprint density at radius 1 is 1.03 bits per heavy atom. The Morgan fingerprint density at radius 3 is 2.52 bits per heavy atom. The molecule has 31 heavy (non-hydrogen) atoms. The van der Waals surface area contributed by atoms with Crippen LogP contribution >= 0.6 is 0 Å². The van der Waals surface area contributed by atoms with Crippen LogP contribution in [0.3, 0.4) is 0 Å². The summed E-state index contributed by atoms with van der Waals surface area (Å²) in [6, 6.07) is 14.1. The maximum absolute atomic E-state index is 12.9. The molecule has 0 spiro atoms. The predicted molar refractivity (Wildman–Crippen MR) is 121 cm³/mol. The van der Waals surface area contributed by atoms with E-state index >= 15 is 0 Å². The van der Waals surface area contributed by atoms with Gasteiger partial charge in [0.05, 0.1) is 6.61 Å². The van der Waals surface area contributed by atoms with Crippen molar-refractivity contribution in [2.75, 3.05) is 44.9 Å². The molecule has 0 unspecified atom stereocenters. The molecule has 4 rings (SSSR count). The Balaban J connectivity index is 1.30. The van der Waals surface area contributed by atoms with Gasteiger partial charge in [-0.05, 0) is 67.1 Å². The SMILES string of the molecule is COCCNCCOc1ccc(N2CC[C@H](Oc3ccc(C4CC4)cc3)C2=O)cc1C. The van der Waals surface area contributed by atoms with Crippen molar-refractivity contribution in [2.45, 2.75) is 38.2 Å². The Hall–Kier alpha value is -2.57. The number of anilines is 1. The fourth-order valence-electron chi connectivity index (χ4n) is 3.91. The molecule has 2 aliphatic rings. The van der Waals surface area contributed by atoms with Gasteiger partial charge in [-0.1, -0.05) is 12.1 Å². The second-order valence-corrected chi connectivity index (χ2v) is 8.27. The molecule has 6 nitrogen and oxygen atoms in total. The second-order valence-electron chi connectivity index (χ2n) is 8.27. The van der Waals surface area contributed by atoms with Crippen LogP contribution < -0.4 is 19.7 Å². The molecular formula is C25H32N2O4. The zero-order chi connectivity index (χ0) is 21.6. The van der Waals surface area contributed by atoms with Crippen LogP contribution in [-0.4, -0.2) is 52.0 Å². The molecule has 0 aromatic heterocycles. The molecule has 1 heterocycles. The van der Waals surface area contributed by atoms with E-state index in [1.165, 1.54) is 18.4 Å². The summed E-state index contributed by atoms with van der Waals surface area (Å²) in [5.74, 6) is 2.34. The standard InChI is InChI=1S/C25H32N2O4/c1-18-17-21(7-10-23(18)30-16-13-26-12-15-29-2)27-14-11-24(25(27)28)31-22-8-5-20(6-9-22)19-3-4-19/h5-10,17,19,24,26H,3-4,11-16H2,1-2H3/t24-/m0/s1. The van der Waals surface area contributed by atoms with E-state index in [-0.39, 0.29) is 5.91 Å². The lowest BCUT2D eigenvalue weighted by Crippen LogP contribution is -2.32. The highest BCUT2D eigenvalue weighted by Crippen LogP contribution is 2.40. The molecule has 6 heteroatoms. The normalized spacial score (nSPS) is 18.5. The number of hydrogen-bond donors (Lipinski definition) is 1. The summed E-state index contributed by atoms with van der Waals surface area (Å²) >= 11 is 0. The van der Waals surface area contributed by atoms with E-state index in [2.05, 4.69) is 17.4 Å². The molecule has 1 atom stereocenters. The maximum atomic E-state index is 12.9. The lowest BCUT2D eigenvalue weighted by Gasteiger charge is -2.19. The lowest BCUT2D eigenvalue weighted by molar-refractivity contribution is -0.122. The summed E-state index contributed by atoms with van der Waals surface area (Å²) in [5.41, 5.74) is 3.28. The van der Waals surface area contributed by atoms with E-state index in [0.717, 1.165) is 41.8 Å². The third-order valence-electron chi connectivity index (χ3n) is 5.85. The van der Waals surface area contributed by atoms with E-state index in [0.29, 0.717) is 26.2 Å². The molecule has 1 amide bonds. The summed E-state index contributed by atoms with van der Waals surface area (Å²) in [4.78, 5) is 14.8. The van der Waals surface area contributed by atoms with E-state index in [1.807, 2.05) is 42.2 Å². The van der Waals surface area contributed by atoms with Gasteiger partial charge in [-0.2, -0.15) is 0 Å². The van der Waals surface area contributed by atoms with Gasteiger partial charge < -0.3 is 24.4 Å². The molecule has 0 bridgehead atoms. The van der Waals surface area contributed by atoms with E-state index < -0.39 is 6.10 Å². The number of aryl methyl sites for hydroxylation is 1. The minimum absolute atomic E-state index is 0.0154. The number of carbonyl (C=O) groups excluding carboxylic acids is 1. The summed E-state index contributed by atoms with van der Waals surface area (Å²) < 4.78 is 16.9. The molecule has 1 saturated carbocycles. The predicted octanol–water partition coefficient (Wildman–Crippen LogP) is 3.67. The molecule has 0 radical (unpaired) electrons. The Morgan fingerprint density at radius 2 is 1.81 bits per heavy atom. The van der Waals surface area contributed by atoms with Crippen molar-refractivity contribution < 1.29 is 19.0 Å². The van der Waals surface area contributed by atoms with Crippen molar-refractivity contribution in [2.24, 2.45) is 0 Å². The lowest BCUT2D eigenvalue weighted by atomic mass is 10.1. The third kappa shape index (κ3) is 5.57. The van der Waals surface area contributed by atoms with Crippen LogP contribution in [0, 0.1) is 6.92 Å². The summed E-state index contributed by atoms with van der Waals surface area (Å²) in [5, 5.41) is 3.26. The van der Waals surface area contributed by atoms with Gasteiger partial charge in [0.15, 0.2) is 6.10 Å². The number of carbonyl (C=O) groups is 1. The number of methoxy groups -OCH3 is 1. The first-order valence-electron chi connectivity index (χ1n) is 11.2. The number of rotatable bonds is 11. The topological polar surface area (TPSA) is 60.0 Å². The van der Waals surface area contributed by atoms with Crippen LogP contribution in [-0.2, 0) is 9.53 Å². The Kier molecular flexibility index (Phi) is 7.10. The number of hydrogen-bond acceptors (Lipinski definition) is 5. The minimum atomic E-state index is -0.429. The summed E-state index contributed by atoms with van der Waals surface area (Å²) in [6.07, 6.45) is 2.82. The second kappa shape index (κ2) is 10.2. The first kappa shape index (κ1) is 21.7. The minimum Gasteiger partial charge on any atom is -0.492 e. The molecule has 2 aromatic rings. The van der Waals surface area contributed by atoms with Crippen LogP contribution in [0.25, 0.3) is 0 Å². The van der Waals surface area contributed by atoms with Gasteiger partial charge in [-0.3, -0.25) is 4.79 Å². The van der Waals surface area contributed by atoms with Gasteiger partial charge in [0.2, 0.25) is 0 Å². The van der Waals surface area contributed by atoms with Crippen molar-refractivity contribution >= 4 is 11.6 Å². The number of benzene rings is 2. The van der Waals surface area contributed by atoms with Gasteiger partial charge in [-0.15, -0.1) is 0 Å². The molecule has 166 valence electrons. The third-order valence-corrected chi connectivity index (χ3v) is 5.85. The number of nitrogens with zero attached hydrogens (tertiary/aromatic N) is 1. The van der Waals surface area contributed by atoms with Crippen LogP contribution in [0.15, 0.2) is 42.5 Å². The highest BCUT2D eigenvalue weighted by molar-refractivity contribution is 5.99. The molecule has 2 aromatic carbocycles. The van der Waals surface area contributed by atoms with Crippen molar-refractivity contribution in [3.63, 3.8) is 0 Å². The van der Waals surface area contributed by atoms with Crippen LogP contribution in [0.2, 0.25) is 0 Å². The van der Waals surface area contributed by atoms with Gasteiger partial charge in [0.1, 0.15) is 18.1 Å². The Bertz CT molecular complexity index is 880.